The molecule has 0 spiro atoms. The molecule has 7 nitrogen and oxygen atoms in total. The lowest BCUT2D eigenvalue weighted by molar-refractivity contribution is 0.553. The SMILES string of the molecule is CC(C)NCC(C)S(=O)(=O)Nc1nccnn1. The van der Waals surface area contributed by atoms with Crippen LogP contribution in [-0.4, -0.2) is 41.4 Å². The highest BCUT2D eigenvalue weighted by Crippen LogP contribution is 2.04. The van der Waals surface area contributed by atoms with Crippen molar-refractivity contribution in [1.29, 1.82) is 0 Å². The van der Waals surface area contributed by atoms with Crippen LogP contribution in [0.4, 0.5) is 5.95 Å². The molecule has 1 heterocycles. The molecule has 0 aliphatic carbocycles. The van der Waals surface area contributed by atoms with Crippen molar-refractivity contribution in [3.8, 4) is 0 Å². The first-order chi connectivity index (χ1) is 7.92. The molecular formula is C9H17N5O2S. The van der Waals surface area contributed by atoms with Gasteiger partial charge >= 0.3 is 0 Å². The van der Waals surface area contributed by atoms with Crippen LogP contribution in [0.1, 0.15) is 20.8 Å². The van der Waals surface area contributed by atoms with E-state index in [9.17, 15) is 8.42 Å². The van der Waals surface area contributed by atoms with Crippen molar-refractivity contribution in [2.75, 3.05) is 11.3 Å². The Bertz CT molecular complexity index is 434. The highest BCUT2D eigenvalue weighted by Gasteiger charge is 2.21. The van der Waals surface area contributed by atoms with Crippen LogP contribution in [0, 0.1) is 0 Å². The lowest BCUT2D eigenvalue weighted by atomic mass is 10.3. The molecule has 0 saturated carbocycles. The van der Waals surface area contributed by atoms with E-state index in [2.05, 4.69) is 25.2 Å². The number of sulfonamides is 1. The van der Waals surface area contributed by atoms with Crippen LogP contribution in [0.25, 0.3) is 0 Å². The van der Waals surface area contributed by atoms with Gasteiger partial charge in [-0.05, 0) is 6.92 Å². The van der Waals surface area contributed by atoms with Gasteiger partial charge in [-0.15, -0.1) is 5.10 Å². The highest BCUT2D eigenvalue weighted by molar-refractivity contribution is 7.93. The fourth-order valence-electron chi connectivity index (χ4n) is 1.03. The summed E-state index contributed by atoms with van der Waals surface area (Å²) in [5.41, 5.74) is 0. The van der Waals surface area contributed by atoms with E-state index < -0.39 is 15.3 Å². The predicted molar refractivity (Wildman–Crippen MR) is 65.0 cm³/mol. The van der Waals surface area contributed by atoms with Crippen LogP contribution >= 0.6 is 0 Å². The number of nitrogens with one attached hydrogen (secondary N) is 2. The van der Waals surface area contributed by atoms with Gasteiger partial charge in [0.1, 0.15) is 0 Å². The summed E-state index contributed by atoms with van der Waals surface area (Å²) >= 11 is 0. The van der Waals surface area contributed by atoms with Crippen LogP contribution in [0.2, 0.25) is 0 Å². The summed E-state index contributed by atoms with van der Waals surface area (Å²) in [6.07, 6.45) is 2.75. The summed E-state index contributed by atoms with van der Waals surface area (Å²) in [4.78, 5) is 3.76. The Balaban J connectivity index is 2.62. The van der Waals surface area contributed by atoms with Gasteiger partial charge in [-0.2, -0.15) is 5.10 Å². The van der Waals surface area contributed by atoms with Crippen molar-refractivity contribution in [2.45, 2.75) is 32.1 Å². The molecule has 0 fully saturated rings. The maximum atomic E-state index is 11.9. The van der Waals surface area contributed by atoms with Crippen molar-refractivity contribution in [3.05, 3.63) is 12.4 Å². The molecular weight excluding hydrogens is 242 g/mol. The van der Waals surface area contributed by atoms with E-state index in [0.717, 1.165) is 0 Å². The first-order valence-electron chi connectivity index (χ1n) is 5.30. The number of rotatable bonds is 6. The van der Waals surface area contributed by atoms with Gasteiger partial charge in [-0.3, -0.25) is 0 Å². The molecule has 0 bridgehead atoms. The Morgan fingerprint density at radius 3 is 2.53 bits per heavy atom. The van der Waals surface area contributed by atoms with E-state index in [4.69, 9.17) is 0 Å². The molecule has 0 radical (unpaired) electrons. The molecule has 1 aromatic heterocycles. The third-order valence-electron chi connectivity index (χ3n) is 2.06. The standard InChI is InChI=1S/C9H17N5O2S/c1-7(2)11-6-8(3)17(15,16)14-9-10-4-5-12-13-9/h4-5,7-8,11H,6H2,1-3H3,(H,10,13,14). The van der Waals surface area contributed by atoms with Crippen molar-refractivity contribution < 1.29 is 8.42 Å². The molecule has 0 amide bonds. The van der Waals surface area contributed by atoms with E-state index in [1.807, 2.05) is 13.8 Å². The zero-order valence-corrected chi connectivity index (χ0v) is 10.9. The molecule has 1 rings (SSSR count). The molecule has 0 aliphatic rings. The number of hydrogen-bond acceptors (Lipinski definition) is 6. The fraction of sp³-hybridized carbons (Fsp3) is 0.667. The lowest BCUT2D eigenvalue weighted by Gasteiger charge is -2.15. The second kappa shape index (κ2) is 5.87. The summed E-state index contributed by atoms with van der Waals surface area (Å²) < 4.78 is 26.0. The molecule has 17 heavy (non-hydrogen) atoms. The van der Waals surface area contributed by atoms with Gasteiger partial charge in [0.2, 0.25) is 10.0 Å². The molecule has 1 aromatic rings. The Hall–Kier alpha value is -1.28. The predicted octanol–water partition coefficient (Wildman–Crippen LogP) is -0.000200. The average molecular weight is 259 g/mol. The minimum atomic E-state index is -3.49. The monoisotopic (exact) mass is 259 g/mol. The summed E-state index contributed by atoms with van der Waals surface area (Å²) in [5, 5.41) is 9.60. The quantitative estimate of drug-likeness (QED) is 0.746. The van der Waals surface area contributed by atoms with E-state index in [0.29, 0.717) is 6.54 Å². The summed E-state index contributed by atoms with van der Waals surface area (Å²) in [6, 6.07) is 0.238. The summed E-state index contributed by atoms with van der Waals surface area (Å²) in [6.45, 7) is 5.90. The van der Waals surface area contributed by atoms with Gasteiger partial charge in [0.15, 0.2) is 0 Å². The third-order valence-corrected chi connectivity index (χ3v) is 3.75. The first-order valence-corrected chi connectivity index (χ1v) is 6.85. The van der Waals surface area contributed by atoms with Crippen LogP contribution in [0.3, 0.4) is 0 Å². The van der Waals surface area contributed by atoms with Crippen LogP contribution < -0.4 is 10.0 Å². The van der Waals surface area contributed by atoms with E-state index in [1.54, 1.807) is 6.92 Å². The van der Waals surface area contributed by atoms with Crippen LogP contribution in [0.15, 0.2) is 12.4 Å². The Kier molecular flexibility index (Phi) is 4.76. The smallest absolute Gasteiger partial charge is 0.256 e. The van der Waals surface area contributed by atoms with Gasteiger partial charge in [0.25, 0.3) is 5.95 Å². The number of hydrogen-bond donors (Lipinski definition) is 2. The Morgan fingerprint density at radius 2 is 2.00 bits per heavy atom. The van der Waals surface area contributed by atoms with Crippen molar-refractivity contribution in [2.24, 2.45) is 0 Å². The molecule has 0 saturated heterocycles. The lowest BCUT2D eigenvalue weighted by Crippen LogP contribution is -2.37. The molecule has 1 unspecified atom stereocenters. The molecule has 96 valence electrons. The summed E-state index contributed by atoms with van der Waals surface area (Å²) in [7, 11) is -3.49. The zero-order chi connectivity index (χ0) is 12.9. The average Bonchev–Trinajstić information content (AvgIpc) is 2.26. The highest BCUT2D eigenvalue weighted by atomic mass is 32.2. The third kappa shape index (κ3) is 4.61. The fourth-order valence-corrected chi connectivity index (χ4v) is 1.90. The van der Waals surface area contributed by atoms with Gasteiger partial charge in [0.05, 0.1) is 17.6 Å². The maximum absolute atomic E-state index is 11.9. The topological polar surface area (TPSA) is 96.9 Å². The van der Waals surface area contributed by atoms with Crippen LogP contribution in [-0.2, 0) is 10.0 Å². The number of anilines is 1. The largest absolute Gasteiger partial charge is 0.313 e. The second-order valence-electron chi connectivity index (χ2n) is 3.99. The van der Waals surface area contributed by atoms with E-state index in [1.165, 1.54) is 12.4 Å². The molecule has 1 atom stereocenters. The summed E-state index contributed by atoms with van der Waals surface area (Å²) in [5.74, 6) is -0.0103. The second-order valence-corrected chi connectivity index (χ2v) is 6.09. The Morgan fingerprint density at radius 1 is 1.29 bits per heavy atom. The molecule has 0 aromatic carbocycles. The van der Waals surface area contributed by atoms with Gasteiger partial charge < -0.3 is 5.32 Å². The maximum Gasteiger partial charge on any atom is 0.256 e. The van der Waals surface area contributed by atoms with Crippen LogP contribution in [0.5, 0.6) is 0 Å². The normalized spacial score (nSPS) is 13.6. The Labute approximate surface area is 101 Å². The van der Waals surface area contributed by atoms with Crippen molar-refractivity contribution in [1.82, 2.24) is 20.5 Å². The van der Waals surface area contributed by atoms with Crippen molar-refractivity contribution >= 4 is 16.0 Å². The molecule has 2 N–H and O–H groups in total. The molecule has 8 heteroatoms. The van der Waals surface area contributed by atoms with E-state index >= 15 is 0 Å². The van der Waals surface area contributed by atoms with Crippen molar-refractivity contribution in [3.63, 3.8) is 0 Å². The molecule has 0 aliphatic heterocycles. The van der Waals surface area contributed by atoms with Gasteiger partial charge in [-0.25, -0.2) is 18.1 Å². The minimum Gasteiger partial charge on any atom is -0.313 e. The zero-order valence-electron chi connectivity index (χ0n) is 10.1. The minimum absolute atomic E-state index is 0.0103. The number of aromatic nitrogens is 3. The van der Waals surface area contributed by atoms with Gasteiger partial charge in [-0.1, -0.05) is 13.8 Å². The first kappa shape index (κ1) is 13.8. The van der Waals surface area contributed by atoms with Gasteiger partial charge in [0, 0.05) is 12.6 Å². The number of nitrogens with zero attached hydrogens (tertiary/aromatic N) is 3. The van der Waals surface area contributed by atoms with E-state index in [-0.39, 0.29) is 12.0 Å².